The van der Waals surface area contributed by atoms with Crippen molar-refractivity contribution in [2.75, 3.05) is 19.8 Å². The fourth-order valence-electron chi connectivity index (χ4n) is 3.69. The van der Waals surface area contributed by atoms with Crippen molar-refractivity contribution < 1.29 is 35.0 Å². The zero-order chi connectivity index (χ0) is 20.3. The molecule has 1 fully saturated rings. The van der Waals surface area contributed by atoms with E-state index in [2.05, 4.69) is 14.5 Å². The monoisotopic (exact) mass is 381 g/mol. The molecule has 2 atom stereocenters. The molecule has 0 N–H and O–H groups in total. The van der Waals surface area contributed by atoms with E-state index in [4.69, 9.17) is 0 Å². The molecular weight excluding hydrogens is 360 g/mol. The Kier molecular flexibility index (Phi) is 6.49. The Hall–Kier alpha value is -2.48. The third-order valence-electron chi connectivity index (χ3n) is 4.99. The van der Waals surface area contributed by atoms with E-state index in [1.165, 1.54) is 27.7 Å². The van der Waals surface area contributed by atoms with Crippen molar-refractivity contribution in [2.24, 2.45) is 17.8 Å². The summed E-state index contributed by atoms with van der Waals surface area (Å²) < 4.78 is 0. The number of nitrogens with zero attached hydrogens (tertiary/aromatic N) is 4. The fraction of sp³-hybridized carbons (Fsp3) is 1.00. The normalized spacial score (nSPS) is 27.3. The summed E-state index contributed by atoms with van der Waals surface area (Å²) >= 11 is 0. The van der Waals surface area contributed by atoms with E-state index >= 15 is 0 Å². The van der Waals surface area contributed by atoms with E-state index in [1.807, 2.05) is 0 Å². The van der Waals surface area contributed by atoms with Gasteiger partial charge in [0, 0.05) is 22.9 Å². The fourth-order valence-corrected chi connectivity index (χ4v) is 3.69. The van der Waals surface area contributed by atoms with Crippen molar-refractivity contribution in [1.82, 2.24) is 5.06 Å². The van der Waals surface area contributed by atoms with E-state index in [1.54, 1.807) is 0 Å². The Bertz CT molecular complexity index is 516. The van der Waals surface area contributed by atoms with Crippen molar-refractivity contribution >= 4 is 0 Å². The van der Waals surface area contributed by atoms with Crippen molar-refractivity contribution in [3.63, 3.8) is 0 Å². The predicted molar refractivity (Wildman–Crippen MR) is 80.0 cm³/mol. The Morgan fingerprint density at radius 3 is 1.38 bits per heavy atom. The molecule has 14 heteroatoms. The first-order valence-corrected chi connectivity index (χ1v) is 7.61. The van der Waals surface area contributed by atoms with Crippen molar-refractivity contribution in [3.05, 3.63) is 30.3 Å². The van der Waals surface area contributed by atoms with Gasteiger partial charge in [0.1, 0.15) is 19.8 Å². The Balaban J connectivity index is 3.28. The molecule has 0 aromatic rings. The van der Waals surface area contributed by atoms with Gasteiger partial charge in [0.25, 0.3) is 15.3 Å². The first-order chi connectivity index (χ1) is 11.8. The molecule has 1 aliphatic heterocycles. The second-order valence-electron chi connectivity index (χ2n) is 7.04. The molecule has 149 valence electrons. The van der Waals surface area contributed by atoms with Crippen LogP contribution in [0.5, 0.6) is 0 Å². The van der Waals surface area contributed by atoms with Gasteiger partial charge < -0.3 is 14.5 Å². The van der Waals surface area contributed by atoms with Crippen molar-refractivity contribution in [1.29, 1.82) is 0 Å². The quantitative estimate of drug-likeness (QED) is 0.407. The molecule has 0 amide bonds. The Morgan fingerprint density at radius 2 is 1.08 bits per heavy atom. The molecule has 2 unspecified atom stereocenters. The predicted octanol–water partition coefficient (Wildman–Crippen LogP) is 0.678. The van der Waals surface area contributed by atoms with E-state index in [0.717, 1.165) is 0 Å². The van der Waals surface area contributed by atoms with E-state index < -0.39 is 63.9 Å². The van der Waals surface area contributed by atoms with Gasteiger partial charge in [-0.25, -0.2) is 0 Å². The van der Waals surface area contributed by atoms with Gasteiger partial charge in [-0.2, -0.15) is 0 Å². The second-order valence-corrected chi connectivity index (χ2v) is 7.04. The van der Waals surface area contributed by atoms with Crippen molar-refractivity contribution in [2.45, 2.75) is 38.8 Å². The zero-order valence-corrected chi connectivity index (χ0v) is 14.7. The number of hydrogen-bond donors (Lipinski definition) is 0. The van der Waals surface area contributed by atoms with Crippen LogP contribution < -0.4 is 0 Å². The third-order valence-corrected chi connectivity index (χ3v) is 4.99. The van der Waals surface area contributed by atoms with E-state index in [9.17, 15) is 35.6 Å². The number of piperidine rings is 1. The minimum absolute atomic E-state index is 0.523. The molecule has 14 nitrogen and oxygen atoms in total. The number of hydroxylamine groups is 2. The molecule has 1 radical (unpaired) electrons. The second kappa shape index (κ2) is 7.82. The summed E-state index contributed by atoms with van der Waals surface area (Å²) in [6.45, 7) is 4.47. The highest BCUT2D eigenvalue weighted by molar-refractivity contribution is 5.05. The van der Waals surface area contributed by atoms with E-state index in [0.29, 0.717) is 5.06 Å². The first-order valence-electron chi connectivity index (χ1n) is 7.61. The summed E-state index contributed by atoms with van der Waals surface area (Å²) in [4.78, 5) is 45.0. The van der Waals surface area contributed by atoms with Crippen LogP contribution in [-0.4, -0.2) is 51.2 Å². The molecule has 1 rings (SSSR count). The average molecular weight is 381 g/mol. The maximum atomic E-state index is 12.9. The maximum Gasteiger partial charge on any atom is 0.294 e. The lowest BCUT2D eigenvalue weighted by Gasteiger charge is -2.58. The Labute approximate surface area is 147 Å². The van der Waals surface area contributed by atoms with Gasteiger partial charge in [-0.05, 0) is 33.6 Å². The zero-order valence-electron chi connectivity index (χ0n) is 14.7. The molecule has 0 aromatic heterocycles. The molecule has 0 spiro atoms. The van der Waals surface area contributed by atoms with Crippen LogP contribution in [-0.2, 0) is 19.7 Å². The third kappa shape index (κ3) is 4.57. The molecular formula is C12H21N4O10. The molecule has 26 heavy (non-hydrogen) atoms. The minimum Gasteiger partial charge on any atom is -0.314 e. The SMILES string of the molecule is CC1(C)C(CO[N+](=O)[O-])C(CO[N+](=O)[O-])C(CO[N+](=O)[O-])C(C)(C)N1[O]. The largest absolute Gasteiger partial charge is 0.314 e. The summed E-state index contributed by atoms with van der Waals surface area (Å²) in [7, 11) is 0. The van der Waals surface area contributed by atoms with Crippen LogP contribution in [0.1, 0.15) is 27.7 Å². The Morgan fingerprint density at radius 1 is 0.769 bits per heavy atom. The lowest BCUT2D eigenvalue weighted by molar-refractivity contribution is -0.767. The van der Waals surface area contributed by atoms with Crippen LogP contribution in [0.4, 0.5) is 0 Å². The van der Waals surface area contributed by atoms with Gasteiger partial charge in [-0.3, -0.25) is 0 Å². The van der Waals surface area contributed by atoms with Gasteiger partial charge in [0.15, 0.2) is 0 Å². The molecule has 1 saturated heterocycles. The summed E-state index contributed by atoms with van der Waals surface area (Å²) in [5.74, 6) is -2.63. The lowest BCUT2D eigenvalue weighted by Crippen LogP contribution is -2.69. The topological polar surface area (TPSA) is 180 Å². The van der Waals surface area contributed by atoms with Crippen LogP contribution in [0, 0.1) is 48.1 Å². The summed E-state index contributed by atoms with van der Waals surface area (Å²) in [5, 5.41) is 42.1. The van der Waals surface area contributed by atoms with Crippen LogP contribution >= 0.6 is 0 Å². The number of hydrogen-bond acceptors (Lipinski definition) is 10. The van der Waals surface area contributed by atoms with Crippen LogP contribution in [0.25, 0.3) is 0 Å². The van der Waals surface area contributed by atoms with Gasteiger partial charge in [0.05, 0.1) is 0 Å². The van der Waals surface area contributed by atoms with Gasteiger partial charge in [-0.1, -0.05) is 0 Å². The number of rotatable bonds is 9. The van der Waals surface area contributed by atoms with Crippen LogP contribution in [0.2, 0.25) is 0 Å². The summed E-state index contributed by atoms with van der Waals surface area (Å²) in [6.07, 6.45) is 0. The van der Waals surface area contributed by atoms with Gasteiger partial charge >= 0.3 is 0 Å². The van der Waals surface area contributed by atoms with Gasteiger partial charge in [-0.15, -0.1) is 40.6 Å². The lowest BCUT2D eigenvalue weighted by atomic mass is 9.62. The van der Waals surface area contributed by atoms with Crippen LogP contribution in [0.3, 0.4) is 0 Å². The standard InChI is InChI=1S/C12H21N4O10/c1-11(2)9(6-25-15(20)21)8(5-24-14(18)19)10(7-26-16(22)23)12(3,4)13(11)17/h8-10H,5-7H2,1-4H3. The first kappa shape index (κ1) is 21.6. The van der Waals surface area contributed by atoms with Gasteiger partial charge in [0.2, 0.25) is 0 Å². The molecule has 0 saturated carbocycles. The minimum atomic E-state index is -1.23. The van der Waals surface area contributed by atoms with Crippen molar-refractivity contribution in [3.8, 4) is 0 Å². The highest BCUT2D eigenvalue weighted by Gasteiger charge is 2.58. The molecule has 1 aliphatic rings. The molecule has 1 heterocycles. The summed E-state index contributed by atoms with van der Waals surface area (Å²) in [5.41, 5.74) is -2.45. The maximum absolute atomic E-state index is 12.9. The molecule has 0 bridgehead atoms. The molecule has 0 aromatic carbocycles. The van der Waals surface area contributed by atoms with Crippen LogP contribution in [0.15, 0.2) is 0 Å². The highest BCUT2D eigenvalue weighted by Crippen LogP contribution is 2.48. The molecule has 0 aliphatic carbocycles. The average Bonchev–Trinajstić information content (AvgIpc) is 2.48. The van der Waals surface area contributed by atoms with E-state index in [-0.39, 0.29) is 0 Å². The summed E-state index contributed by atoms with van der Waals surface area (Å²) in [6, 6.07) is 0. The highest BCUT2D eigenvalue weighted by atomic mass is 17.0. The smallest absolute Gasteiger partial charge is 0.294 e.